The van der Waals surface area contributed by atoms with Gasteiger partial charge in [-0.05, 0) is 44.0 Å². The number of halogens is 2. The van der Waals surface area contributed by atoms with Crippen LogP contribution in [0.25, 0.3) is 11.3 Å². The van der Waals surface area contributed by atoms with Crippen LogP contribution in [-0.4, -0.2) is 36.7 Å². The van der Waals surface area contributed by atoms with E-state index in [0.717, 1.165) is 18.6 Å². The van der Waals surface area contributed by atoms with Crippen LogP contribution in [0.15, 0.2) is 49.1 Å². The molecule has 1 aromatic carbocycles. The highest BCUT2D eigenvalue weighted by Crippen LogP contribution is 2.37. The Bertz CT molecular complexity index is 1260. The van der Waals surface area contributed by atoms with Crippen LogP contribution in [0.5, 0.6) is 0 Å². The van der Waals surface area contributed by atoms with Crippen molar-refractivity contribution in [1.82, 2.24) is 24.4 Å². The number of hydrogen-bond acceptors (Lipinski definition) is 5. The van der Waals surface area contributed by atoms with E-state index in [0.29, 0.717) is 41.2 Å². The molecule has 4 heterocycles. The Morgan fingerprint density at radius 3 is 2.83 bits per heavy atom. The maximum absolute atomic E-state index is 14.4. The summed E-state index contributed by atoms with van der Waals surface area (Å²) in [5, 5.41) is 8.54. The second-order valence-corrected chi connectivity index (χ2v) is 7.33. The largest absolute Gasteiger partial charge is 0.349 e. The Balaban J connectivity index is 1.56. The lowest BCUT2D eigenvalue weighted by atomic mass is 10.0. The van der Waals surface area contributed by atoms with E-state index in [1.165, 1.54) is 19.2 Å². The maximum atomic E-state index is 14.4. The minimum absolute atomic E-state index is 0.0802. The van der Waals surface area contributed by atoms with Gasteiger partial charge in [-0.3, -0.25) is 4.79 Å². The maximum Gasteiger partial charge on any atom is 0.183 e. The molecule has 1 fully saturated rings. The number of aromatic nitrogens is 5. The van der Waals surface area contributed by atoms with Gasteiger partial charge in [0.25, 0.3) is 0 Å². The summed E-state index contributed by atoms with van der Waals surface area (Å²) in [7, 11) is 0. The van der Waals surface area contributed by atoms with Gasteiger partial charge in [-0.2, -0.15) is 10.2 Å². The zero-order valence-corrected chi connectivity index (χ0v) is 16.2. The van der Waals surface area contributed by atoms with Crippen molar-refractivity contribution in [3.05, 3.63) is 71.8 Å². The minimum Gasteiger partial charge on any atom is -0.349 e. The van der Waals surface area contributed by atoms with Crippen molar-refractivity contribution >= 4 is 17.2 Å². The van der Waals surface area contributed by atoms with Crippen molar-refractivity contribution in [2.75, 3.05) is 11.4 Å². The van der Waals surface area contributed by atoms with Crippen molar-refractivity contribution in [3.8, 4) is 5.69 Å². The molecule has 0 unspecified atom stereocenters. The fourth-order valence-electron chi connectivity index (χ4n) is 3.94. The zero-order chi connectivity index (χ0) is 20.8. The highest BCUT2D eigenvalue weighted by Gasteiger charge is 2.30. The van der Waals surface area contributed by atoms with Crippen LogP contribution < -0.4 is 4.90 Å². The van der Waals surface area contributed by atoms with Crippen LogP contribution in [-0.2, 0) is 0 Å². The average Bonchev–Trinajstić information content (AvgIpc) is 3.47. The predicted molar refractivity (Wildman–Crippen MR) is 106 cm³/mol. The molecule has 0 N–H and O–H groups in total. The monoisotopic (exact) mass is 408 g/mol. The van der Waals surface area contributed by atoms with E-state index in [4.69, 9.17) is 4.98 Å². The van der Waals surface area contributed by atoms with Gasteiger partial charge >= 0.3 is 0 Å². The third-order valence-electron chi connectivity index (χ3n) is 5.44. The smallest absolute Gasteiger partial charge is 0.183 e. The van der Waals surface area contributed by atoms with E-state index in [-0.39, 0.29) is 11.8 Å². The van der Waals surface area contributed by atoms with Crippen molar-refractivity contribution < 1.29 is 13.6 Å². The molecule has 0 bridgehead atoms. The molecule has 0 saturated carbocycles. The number of ketones is 1. The number of anilines is 1. The minimum atomic E-state index is -0.459. The summed E-state index contributed by atoms with van der Waals surface area (Å²) in [5.41, 5.74) is 2.00. The van der Waals surface area contributed by atoms with Gasteiger partial charge in [-0.25, -0.2) is 23.0 Å². The fourth-order valence-corrected chi connectivity index (χ4v) is 3.94. The normalized spacial score (nSPS) is 16.5. The Kier molecular flexibility index (Phi) is 4.30. The first-order valence-electron chi connectivity index (χ1n) is 9.63. The Morgan fingerprint density at radius 1 is 1.17 bits per heavy atom. The molecule has 5 rings (SSSR count). The highest BCUT2D eigenvalue weighted by molar-refractivity contribution is 5.93. The Morgan fingerprint density at radius 2 is 2.03 bits per heavy atom. The van der Waals surface area contributed by atoms with E-state index in [1.807, 2.05) is 11.0 Å². The van der Waals surface area contributed by atoms with Crippen molar-refractivity contribution in [1.29, 1.82) is 0 Å². The molecule has 1 aliphatic heterocycles. The third-order valence-corrected chi connectivity index (χ3v) is 5.44. The molecule has 0 aliphatic carbocycles. The molecule has 7 nitrogen and oxygen atoms in total. The number of fused-ring (bicyclic) bond motifs is 1. The van der Waals surface area contributed by atoms with Crippen molar-refractivity contribution in [2.24, 2.45) is 0 Å². The van der Waals surface area contributed by atoms with Crippen LogP contribution in [0.4, 0.5) is 14.6 Å². The summed E-state index contributed by atoms with van der Waals surface area (Å²) in [4.78, 5) is 18.3. The molecule has 0 radical (unpaired) electrons. The average molecular weight is 408 g/mol. The highest BCUT2D eigenvalue weighted by atomic mass is 19.1. The lowest BCUT2D eigenvalue weighted by Crippen LogP contribution is -2.24. The number of rotatable bonds is 4. The van der Waals surface area contributed by atoms with E-state index in [9.17, 15) is 13.6 Å². The summed E-state index contributed by atoms with van der Waals surface area (Å²) >= 11 is 0. The molecule has 3 aromatic heterocycles. The quantitative estimate of drug-likeness (QED) is 0.481. The molecule has 1 aliphatic rings. The topological polar surface area (TPSA) is 68.3 Å². The Hall–Kier alpha value is -3.62. The first-order valence-corrected chi connectivity index (χ1v) is 9.63. The lowest BCUT2D eigenvalue weighted by Gasteiger charge is -2.26. The van der Waals surface area contributed by atoms with Crippen molar-refractivity contribution in [3.63, 3.8) is 0 Å². The van der Waals surface area contributed by atoms with E-state index >= 15 is 0 Å². The summed E-state index contributed by atoms with van der Waals surface area (Å²) in [6, 6.07) is 5.06. The summed E-state index contributed by atoms with van der Waals surface area (Å²) in [6.07, 6.45) is 8.08. The molecular weight excluding hydrogens is 390 g/mol. The number of benzene rings is 1. The van der Waals surface area contributed by atoms with Gasteiger partial charge in [0.2, 0.25) is 0 Å². The second-order valence-electron chi connectivity index (χ2n) is 7.33. The third kappa shape index (κ3) is 3.02. The standard InChI is InChI=1S/C21H18F2N6O/c1-13(30)14-10-24-29(12-14)19-11-25-28-8-6-20(26-21(19)28)27-7-2-3-18(27)16-9-15(22)4-5-17(16)23/h4-6,8-12,18H,2-3,7H2,1H3/t18-/m1/s1. The molecule has 152 valence electrons. The molecule has 1 saturated heterocycles. The molecule has 0 amide bonds. The van der Waals surface area contributed by atoms with Gasteiger partial charge in [0, 0.05) is 24.5 Å². The number of hydrogen-bond donors (Lipinski definition) is 0. The van der Waals surface area contributed by atoms with Gasteiger partial charge in [0.15, 0.2) is 11.4 Å². The number of carbonyl (C=O) groups is 1. The van der Waals surface area contributed by atoms with E-state index < -0.39 is 11.6 Å². The molecular formula is C21H18F2N6O. The van der Waals surface area contributed by atoms with Crippen molar-refractivity contribution in [2.45, 2.75) is 25.8 Å². The first-order chi connectivity index (χ1) is 14.5. The second kappa shape index (κ2) is 7.01. The van der Waals surface area contributed by atoms with Crippen LogP contribution in [0.1, 0.15) is 41.7 Å². The van der Waals surface area contributed by atoms with Gasteiger partial charge in [-0.15, -0.1) is 0 Å². The van der Waals surface area contributed by atoms with Crippen LogP contribution in [0.3, 0.4) is 0 Å². The summed E-state index contributed by atoms with van der Waals surface area (Å²) in [5.74, 6) is -0.315. The fraction of sp³-hybridized carbons (Fsp3) is 0.238. The molecule has 1 atom stereocenters. The van der Waals surface area contributed by atoms with E-state index in [1.54, 1.807) is 27.8 Å². The van der Waals surface area contributed by atoms with Gasteiger partial charge < -0.3 is 4.90 Å². The zero-order valence-electron chi connectivity index (χ0n) is 16.2. The van der Waals surface area contributed by atoms with Gasteiger partial charge in [0.05, 0.1) is 24.0 Å². The molecule has 9 heteroatoms. The van der Waals surface area contributed by atoms with Crippen LogP contribution >= 0.6 is 0 Å². The first kappa shape index (κ1) is 18.4. The van der Waals surface area contributed by atoms with E-state index in [2.05, 4.69) is 10.2 Å². The molecule has 30 heavy (non-hydrogen) atoms. The molecule has 4 aromatic rings. The number of nitrogens with zero attached hydrogens (tertiary/aromatic N) is 6. The molecule has 0 spiro atoms. The lowest BCUT2D eigenvalue weighted by molar-refractivity contribution is 0.101. The van der Waals surface area contributed by atoms with Crippen LogP contribution in [0.2, 0.25) is 0 Å². The number of carbonyl (C=O) groups excluding carboxylic acids is 1. The van der Waals surface area contributed by atoms with Crippen LogP contribution in [0, 0.1) is 11.6 Å². The number of Topliss-reactive ketones (excluding diaryl/α,β-unsaturated/α-hetero) is 1. The van der Waals surface area contributed by atoms with Gasteiger partial charge in [0.1, 0.15) is 23.1 Å². The predicted octanol–water partition coefficient (Wildman–Crippen LogP) is 3.74. The van der Waals surface area contributed by atoms with Gasteiger partial charge in [-0.1, -0.05) is 0 Å². The summed E-state index contributed by atoms with van der Waals surface area (Å²) < 4.78 is 31.3. The SMILES string of the molecule is CC(=O)c1cnn(-c2cnn3ccc(N4CCC[C@@H]4c4cc(F)ccc4F)nc23)c1. The summed E-state index contributed by atoms with van der Waals surface area (Å²) in [6.45, 7) is 2.16. The Labute approximate surface area is 170 Å².